The molecule has 15 heavy (non-hydrogen) atoms. The SMILES string of the molecule is Cc1c(Cl)cncc1-n1cc(CBr)nn1. The number of alkyl halides is 1. The van der Waals surface area contributed by atoms with E-state index >= 15 is 0 Å². The number of rotatable bonds is 2. The van der Waals surface area contributed by atoms with Crippen LogP contribution in [0, 0.1) is 6.92 Å². The second-order valence-corrected chi connectivity index (χ2v) is 4.02. The molecule has 0 unspecified atom stereocenters. The van der Waals surface area contributed by atoms with Crippen LogP contribution >= 0.6 is 27.5 Å². The zero-order chi connectivity index (χ0) is 10.8. The molecule has 2 heterocycles. The van der Waals surface area contributed by atoms with Crippen LogP contribution in [-0.2, 0) is 5.33 Å². The Hall–Kier alpha value is -0.940. The van der Waals surface area contributed by atoms with E-state index in [1.807, 2.05) is 13.1 Å². The molecule has 0 aliphatic heterocycles. The number of halogens is 2. The van der Waals surface area contributed by atoms with Crippen molar-refractivity contribution in [3.63, 3.8) is 0 Å². The van der Waals surface area contributed by atoms with Crippen molar-refractivity contribution < 1.29 is 0 Å². The van der Waals surface area contributed by atoms with Gasteiger partial charge in [0, 0.05) is 11.5 Å². The van der Waals surface area contributed by atoms with E-state index < -0.39 is 0 Å². The van der Waals surface area contributed by atoms with E-state index in [0.717, 1.165) is 16.9 Å². The zero-order valence-corrected chi connectivity index (χ0v) is 10.3. The first-order chi connectivity index (χ1) is 7.22. The summed E-state index contributed by atoms with van der Waals surface area (Å²) < 4.78 is 1.67. The lowest BCUT2D eigenvalue weighted by Crippen LogP contribution is -1.99. The second-order valence-electron chi connectivity index (χ2n) is 3.05. The molecule has 0 aliphatic carbocycles. The summed E-state index contributed by atoms with van der Waals surface area (Å²) in [6.45, 7) is 1.93. The molecule has 0 aliphatic rings. The highest BCUT2D eigenvalue weighted by Crippen LogP contribution is 2.20. The predicted molar refractivity (Wildman–Crippen MR) is 61.5 cm³/mol. The molecular formula is C9H8BrClN4. The number of hydrogen-bond donors (Lipinski definition) is 0. The lowest BCUT2D eigenvalue weighted by atomic mass is 10.2. The fourth-order valence-electron chi connectivity index (χ4n) is 1.20. The Morgan fingerprint density at radius 2 is 2.27 bits per heavy atom. The van der Waals surface area contributed by atoms with Gasteiger partial charge in [-0.2, -0.15) is 0 Å². The van der Waals surface area contributed by atoms with Crippen molar-refractivity contribution in [3.05, 3.63) is 34.9 Å². The molecule has 0 atom stereocenters. The maximum Gasteiger partial charge on any atom is 0.0937 e. The minimum atomic E-state index is 0.628. The summed E-state index contributed by atoms with van der Waals surface area (Å²) >= 11 is 9.29. The van der Waals surface area contributed by atoms with Crippen LogP contribution in [0.1, 0.15) is 11.3 Å². The normalized spacial score (nSPS) is 10.6. The summed E-state index contributed by atoms with van der Waals surface area (Å²) in [7, 11) is 0. The van der Waals surface area contributed by atoms with Gasteiger partial charge in [0.05, 0.1) is 28.8 Å². The lowest BCUT2D eigenvalue weighted by molar-refractivity contribution is 0.792. The van der Waals surface area contributed by atoms with Crippen LogP contribution in [0.4, 0.5) is 0 Å². The van der Waals surface area contributed by atoms with Gasteiger partial charge in [0.2, 0.25) is 0 Å². The summed E-state index contributed by atoms with van der Waals surface area (Å²) in [6, 6.07) is 0. The van der Waals surface area contributed by atoms with Crippen LogP contribution < -0.4 is 0 Å². The number of nitrogens with zero attached hydrogens (tertiary/aromatic N) is 4. The van der Waals surface area contributed by atoms with E-state index in [1.54, 1.807) is 17.1 Å². The molecule has 78 valence electrons. The molecule has 0 aromatic carbocycles. The number of hydrogen-bond acceptors (Lipinski definition) is 3. The molecule has 0 saturated heterocycles. The first-order valence-electron chi connectivity index (χ1n) is 4.30. The molecule has 0 saturated carbocycles. The van der Waals surface area contributed by atoms with Gasteiger partial charge in [0.25, 0.3) is 0 Å². The van der Waals surface area contributed by atoms with Gasteiger partial charge in [-0.25, -0.2) is 4.68 Å². The molecule has 0 amide bonds. The average molecular weight is 288 g/mol. The van der Waals surface area contributed by atoms with E-state index in [-0.39, 0.29) is 0 Å². The molecule has 2 aromatic rings. The molecule has 2 rings (SSSR count). The van der Waals surface area contributed by atoms with E-state index in [0.29, 0.717) is 10.4 Å². The maximum atomic E-state index is 5.97. The minimum absolute atomic E-state index is 0.628. The minimum Gasteiger partial charge on any atom is -0.261 e. The maximum absolute atomic E-state index is 5.97. The topological polar surface area (TPSA) is 43.6 Å². The molecular weight excluding hydrogens is 279 g/mol. The predicted octanol–water partition coefficient (Wildman–Crippen LogP) is 2.52. The highest BCUT2D eigenvalue weighted by molar-refractivity contribution is 9.08. The third kappa shape index (κ3) is 2.03. The smallest absolute Gasteiger partial charge is 0.0937 e. The molecule has 0 bridgehead atoms. The Labute approximate surface area is 100 Å². The van der Waals surface area contributed by atoms with Gasteiger partial charge in [-0.05, 0) is 12.5 Å². The van der Waals surface area contributed by atoms with Crippen LogP contribution in [0.5, 0.6) is 0 Å². The fraction of sp³-hybridized carbons (Fsp3) is 0.222. The number of pyridine rings is 1. The number of aromatic nitrogens is 4. The van der Waals surface area contributed by atoms with E-state index in [1.165, 1.54) is 0 Å². The Morgan fingerprint density at radius 1 is 1.47 bits per heavy atom. The van der Waals surface area contributed by atoms with E-state index in [4.69, 9.17) is 11.6 Å². The third-order valence-electron chi connectivity index (χ3n) is 2.05. The van der Waals surface area contributed by atoms with Gasteiger partial charge < -0.3 is 0 Å². The van der Waals surface area contributed by atoms with Crippen molar-refractivity contribution in [1.29, 1.82) is 0 Å². The van der Waals surface area contributed by atoms with Crippen LogP contribution in [-0.4, -0.2) is 20.0 Å². The molecule has 2 aromatic heterocycles. The monoisotopic (exact) mass is 286 g/mol. The largest absolute Gasteiger partial charge is 0.261 e. The Kier molecular flexibility index (Phi) is 3.02. The summed E-state index contributed by atoms with van der Waals surface area (Å²) in [5.41, 5.74) is 2.66. The van der Waals surface area contributed by atoms with Crippen molar-refractivity contribution >= 4 is 27.5 Å². The van der Waals surface area contributed by atoms with Gasteiger partial charge in [0.15, 0.2) is 0 Å². The third-order valence-corrected chi connectivity index (χ3v) is 3.01. The molecule has 0 radical (unpaired) electrons. The van der Waals surface area contributed by atoms with Crippen molar-refractivity contribution in [2.75, 3.05) is 0 Å². The molecule has 6 heteroatoms. The van der Waals surface area contributed by atoms with Crippen LogP contribution in [0.25, 0.3) is 5.69 Å². The summed E-state index contributed by atoms with van der Waals surface area (Å²) in [5, 5.41) is 9.28. The van der Waals surface area contributed by atoms with Crippen LogP contribution in [0.2, 0.25) is 5.02 Å². The first kappa shape index (κ1) is 10.6. The van der Waals surface area contributed by atoms with Gasteiger partial charge >= 0.3 is 0 Å². The second kappa shape index (κ2) is 4.28. The zero-order valence-electron chi connectivity index (χ0n) is 7.98. The summed E-state index contributed by atoms with van der Waals surface area (Å²) in [6.07, 6.45) is 5.17. The van der Waals surface area contributed by atoms with Gasteiger partial charge in [-0.15, -0.1) is 5.10 Å². The quantitative estimate of drug-likeness (QED) is 0.797. The van der Waals surface area contributed by atoms with Crippen molar-refractivity contribution in [2.24, 2.45) is 0 Å². The Bertz CT molecular complexity index is 483. The van der Waals surface area contributed by atoms with Crippen molar-refractivity contribution in [1.82, 2.24) is 20.0 Å². The fourth-order valence-corrected chi connectivity index (χ4v) is 1.61. The Balaban J connectivity index is 2.49. The summed E-state index contributed by atoms with van der Waals surface area (Å²) in [4.78, 5) is 4.02. The van der Waals surface area contributed by atoms with Gasteiger partial charge in [0.1, 0.15) is 0 Å². The van der Waals surface area contributed by atoms with E-state index in [2.05, 4.69) is 31.2 Å². The lowest BCUT2D eigenvalue weighted by Gasteiger charge is -2.04. The van der Waals surface area contributed by atoms with Crippen molar-refractivity contribution in [2.45, 2.75) is 12.3 Å². The highest BCUT2D eigenvalue weighted by atomic mass is 79.9. The molecule has 0 fully saturated rings. The average Bonchev–Trinajstić information content (AvgIpc) is 2.70. The van der Waals surface area contributed by atoms with Crippen LogP contribution in [0.3, 0.4) is 0 Å². The molecule has 0 spiro atoms. The molecule has 0 N–H and O–H groups in total. The Morgan fingerprint density at radius 3 is 2.93 bits per heavy atom. The molecule has 4 nitrogen and oxygen atoms in total. The van der Waals surface area contributed by atoms with Gasteiger partial charge in [-0.3, -0.25) is 4.98 Å². The van der Waals surface area contributed by atoms with Gasteiger partial charge in [-0.1, -0.05) is 32.7 Å². The van der Waals surface area contributed by atoms with Crippen LogP contribution in [0.15, 0.2) is 18.6 Å². The van der Waals surface area contributed by atoms with Crippen molar-refractivity contribution in [3.8, 4) is 5.69 Å². The first-order valence-corrected chi connectivity index (χ1v) is 5.80. The van der Waals surface area contributed by atoms with E-state index in [9.17, 15) is 0 Å². The highest BCUT2D eigenvalue weighted by Gasteiger charge is 2.07. The standard InChI is InChI=1S/C9H8BrClN4/c1-6-8(11)3-12-4-9(6)15-5-7(2-10)13-14-15/h3-5H,2H2,1H3. The summed E-state index contributed by atoms with van der Waals surface area (Å²) in [5.74, 6) is 0.